The number of nitrogens with one attached hydrogen (secondary N) is 1. The minimum absolute atomic E-state index is 0.126. The smallest absolute Gasteiger partial charge is 0.310 e. The first-order valence-corrected chi connectivity index (χ1v) is 7.15. The molecule has 0 saturated heterocycles. The molecule has 0 amide bonds. The van der Waals surface area contributed by atoms with Gasteiger partial charge in [-0.2, -0.15) is 0 Å². The van der Waals surface area contributed by atoms with E-state index in [1.807, 2.05) is 12.1 Å². The molecular formula is C15H15F2NO2S. The van der Waals surface area contributed by atoms with Crippen LogP contribution in [0.2, 0.25) is 0 Å². The summed E-state index contributed by atoms with van der Waals surface area (Å²) in [5.74, 6) is -1.24. The highest BCUT2D eigenvalue weighted by Gasteiger charge is 2.09. The Morgan fingerprint density at radius 2 is 1.95 bits per heavy atom. The molecule has 112 valence electrons. The Morgan fingerprint density at radius 1 is 1.24 bits per heavy atom. The van der Waals surface area contributed by atoms with Crippen molar-refractivity contribution in [3.63, 3.8) is 0 Å². The molecule has 3 nitrogen and oxygen atoms in total. The van der Waals surface area contributed by atoms with Crippen LogP contribution >= 0.6 is 11.3 Å². The second-order valence-corrected chi connectivity index (χ2v) is 5.81. The number of thiophene rings is 1. The van der Waals surface area contributed by atoms with Crippen LogP contribution in [0, 0.1) is 18.6 Å². The SMILES string of the molecule is COC(=O)Cc1ccc(CNc2cc(F)c(C)cc2F)s1. The molecule has 0 aliphatic rings. The normalized spacial score (nSPS) is 10.5. The molecule has 1 aromatic heterocycles. The number of carbonyl (C=O) groups is 1. The number of rotatable bonds is 5. The fraction of sp³-hybridized carbons (Fsp3) is 0.267. The summed E-state index contributed by atoms with van der Waals surface area (Å²) in [6.45, 7) is 1.88. The third-order valence-corrected chi connectivity index (χ3v) is 4.05. The van der Waals surface area contributed by atoms with Crippen molar-refractivity contribution in [2.75, 3.05) is 12.4 Å². The Bertz CT molecular complexity index is 655. The van der Waals surface area contributed by atoms with Crippen molar-refractivity contribution in [2.45, 2.75) is 19.9 Å². The summed E-state index contributed by atoms with van der Waals surface area (Å²) in [4.78, 5) is 13.0. The van der Waals surface area contributed by atoms with Crippen molar-refractivity contribution in [3.05, 3.63) is 51.2 Å². The second-order valence-electron chi connectivity index (χ2n) is 4.56. The molecule has 1 N–H and O–H groups in total. The van der Waals surface area contributed by atoms with Crippen molar-refractivity contribution in [1.29, 1.82) is 0 Å². The number of benzene rings is 1. The van der Waals surface area contributed by atoms with Crippen LogP contribution in [0.1, 0.15) is 15.3 Å². The predicted octanol–water partition coefficient (Wildman–Crippen LogP) is 3.66. The van der Waals surface area contributed by atoms with Crippen molar-refractivity contribution < 1.29 is 18.3 Å². The number of methoxy groups -OCH3 is 1. The zero-order chi connectivity index (χ0) is 15.4. The molecule has 6 heteroatoms. The summed E-state index contributed by atoms with van der Waals surface area (Å²) in [6, 6.07) is 5.98. The lowest BCUT2D eigenvalue weighted by molar-refractivity contribution is -0.139. The van der Waals surface area contributed by atoms with Gasteiger partial charge in [-0.15, -0.1) is 11.3 Å². The Morgan fingerprint density at radius 3 is 2.67 bits per heavy atom. The van der Waals surface area contributed by atoms with Crippen molar-refractivity contribution >= 4 is 23.0 Å². The molecule has 2 aromatic rings. The van der Waals surface area contributed by atoms with Crippen LogP contribution in [0.5, 0.6) is 0 Å². The van der Waals surface area contributed by atoms with Crippen LogP contribution in [-0.4, -0.2) is 13.1 Å². The molecule has 0 aliphatic heterocycles. The summed E-state index contributed by atoms with van der Waals surface area (Å²) in [5.41, 5.74) is 0.399. The maximum Gasteiger partial charge on any atom is 0.310 e. The maximum absolute atomic E-state index is 13.7. The minimum Gasteiger partial charge on any atom is -0.469 e. The summed E-state index contributed by atoms with van der Waals surface area (Å²) in [5, 5.41) is 2.86. The fourth-order valence-electron chi connectivity index (χ4n) is 1.79. The van der Waals surface area contributed by atoms with Gasteiger partial charge in [0.05, 0.1) is 19.2 Å². The molecule has 1 aromatic carbocycles. The van der Waals surface area contributed by atoms with Gasteiger partial charge in [-0.1, -0.05) is 0 Å². The van der Waals surface area contributed by atoms with E-state index in [0.717, 1.165) is 21.9 Å². The van der Waals surface area contributed by atoms with Crippen molar-refractivity contribution in [1.82, 2.24) is 0 Å². The van der Waals surface area contributed by atoms with E-state index < -0.39 is 11.6 Å². The number of anilines is 1. The fourth-order valence-corrected chi connectivity index (χ4v) is 2.73. The molecule has 0 atom stereocenters. The van der Waals surface area contributed by atoms with Crippen LogP contribution < -0.4 is 5.32 Å². The van der Waals surface area contributed by atoms with Gasteiger partial charge < -0.3 is 10.1 Å². The Hall–Kier alpha value is -1.95. The lowest BCUT2D eigenvalue weighted by atomic mass is 10.2. The van der Waals surface area contributed by atoms with Crippen LogP contribution in [0.25, 0.3) is 0 Å². The zero-order valence-corrected chi connectivity index (χ0v) is 12.5. The lowest BCUT2D eigenvalue weighted by Gasteiger charge is -2.07. The van der Waals surface area contributed by atoms with E-state index in [-0.39, 0.29) is 23.6 Å². The summed E-state index contributed by atoms with van der Waals surface area (Å²) in [6.07, 6.45) is 0.217. The second kappa shape index (κ2) is 6.67. The number of aryl methyl sites for hydroxylation is 1. The monoisotopic (exact) mass is 311 g/mol. The van der Waals surface area contributed by atoms with Gasteiger partial charge in [0.15, 0.2) is 0 Å². The first-order valence-electron chi connectivity index (χ1n) is 6.33. The Labute approximate surface area is 125 Å². The van der Waals surface area contributed by atoms with Gasteiger partial charge in [-0.3, -0.25) is 4.79 Å². The largest absolute Gasteiger partial charge is 0.469 e. The molecule has 0 saturated carbocycles. The Kier molecular flexibility index (Phi) is 4.90. The van der Waals surface area contributed by atoms with Crippen LogP contribution in [0.4, 0.5) is 14.5 Å². The third kappa shape index (κ3) is 4.01. The van der Waals surface area contributed by atoms with Gasteiger partial charge in [0.1, 0.15) is 11.6 Å². The molecule has 1 heterocycles. The highest BCUT2D eigenvalue weighted by molar-refractivity contribution is 7.12. The van der Waals surface area contributed by atoms with Crippen molar-refractivity contribution in [2.24, 2.45) is 0 Å². The topological polar surface area (TPSA) is 38.3 Å². The number of ether oxygens (including phenoxy) is 1. The van der Waals surface area contributed by atoms with E-state index in [0.29, 0.717) is 6.54 Å². The first-order chi connectivity index (χ1) is 9.99. The Balaban J connectivity index is 2.00. The van der Waals surface area contributed by atoms with Gasteiger partial charge in [-0.05, 0) is 30.7 Å². The molecule has 0 radical (unpaired) electrons. The lowest BCUT2D eigenvalue weighted by Crippen LogP contribution is -2.02. The standard InChI is InChI=1S/C15H15F2NO2S/c1-9-5-13(17)14(7-12(9)16)18-8-11-4-3-10(21-11)6-15(19)20-2/h3-5,7,18H,6,8H2,1-2H3. The number of esters is 1. The van der Waals surface area contributed by atoms with Gasteiger partial charge in [0.2, 0.25) is 0 Å². The van der Waals surface area contributed by atoms with Crippen molar-refractivity contribution in [3.8, 4) is 0 Å². The number of hydrogen-bond donors (Lipinski definition) is 1. The molecule has 21 heavy (non-hydrogen) atoms. The average molecular weight is 311 g/mol. The van der Waals surface area contributed by atoms with E-state index in [2.05, 4.69) is 10.1 Å². The summed E-state index contributed by atoms with van der Waals surface area (Å²) < 4.78 is 31.7. The van der Waals surface area contributed by atoms with E-state index in [1.54, 1.807) is 0 Å². The van der Waals surface area contributed by atoms with Gasteiger partial charge in [-0.25, -0.2) is 8.78 Å². The predicted molar refractivity (Wildman–Crippen MR) is 78.5 cm³/mol. The quantitative estimate of drug-likeness (QED) is 0.856. The summed E-state index contributed by atoms with van der Waals surface area (Å²) in [7, 11) is 1.34. The number of carbonyl (C=O) groups excluding carboxylic acids is 1. The zero-order valence-electron chi connectivity index (χ0n) is 11.7. The first kappa shape index (κ1) is 15.4. The summed E-state index contributed by atoms with van der Waals surface area (Å²) >= 11 is 1.43. The highest BCUT2D eigenvalue weighted by atomic mass is 32.1. The molecule has 0 bridgehead atoms. The molecule has 0 fully saturated rings. The molecule has 0 aliphatic carbocycles. The highest BCUT2D eigenvalue weighted by Crippen LogP contribution is 2.22. The van der Waals surface area contributed by atoms with Gasteiger partial charge in [0, 0.05) is 22.4 Å². The number of halogens is 2. The van der Waals surface area contributed by atoms with E-state index in [4.69, 9.17) is 0 Å². The van der Waals surface area contributed by atoms with Crippen LogP contribution in [0.15, 0.2) is 24.3 Å². The molecule has 2 rings (SSSR count). The minimum atomic E-state index is -0.486. The molecular weight excluding hydrogens is 296 g/mol. The van der Waals surface area contributed by atoms with E-state index in [1.165, 1.54) is 25.4 Å². The third-order valence-electron chi connectivity index (χ3n) is 2.96. The van der Waals surface area contributed by atoms with Crippen LogP contribution in [-0.2, 0) is 22.5 Å². The van der Waals surface area contributed by atoms with E-state index in [9.17, 15) is 13.6 Å². The maximum atomic E-state index is 13.7. The van der Waals surface area contributed by atoms with Crippen LogP contribution in [0.3, 0.4) is 0 Å². The molecule has 0 unspecified atom stereocenters. The van der Waals surface area contributed by atoms with Gasteiger partial charge >= 0.3 is 5.97 Å². The average Bonchev–Trinajstić information content (AvgIpc) is 2.88. The molecule has 0 spiro atoms. The van der Waals surface area contributed by atoms with Gasteiger partial charge in [0.25, 0.3) is 0 Å². The number of hydrogen-bond acceptors (Lipinski definition) is 4. The van der Waals surface area contributed by atoms with E-state index >= 15 is 0 Å².